The Morgan fingerprint density at radius 1 is 1.00 bits per heavy atom. The lowest BCUT2D eigenvalue weighted by Crippen LogP contribution is -2.32. The van der Waals surface area contributed by atoms with E-state index in [0.717, 1.165) is 6.07 Å². The van der Waals surface area contributed by atoms with Crippen LogP contribution in [0.3, 0.4) is 0 Å². The molecule has 0 atom stereocenters. The predicted molar refractivity (Wildman–Crippen MR) is 90.0 cm³/mol. The number of nitrogens with two attached hydrogens (primary N) is 1. The third-order valence-electron chi connectivity index (χ3n) is 3.92. The minimum absolute atomic E-state index is 0.0182. The molecule has 3 rings (SSSR count). The maximum absolute atomic E-state index is 13.4. The van der Waals surface area contributed by atoms with Crippen LogP contribution < -0.4 is 5.14 Å². The molecule has 9 heteroatoms. The number of rotatable bonds is 6. The van der Waals surface area contributed by atoms with Crippen LogP contribution in [0.15, 0.2) is 58.3 Å². The SMILES string of the molecule is NS(=O)(=O)c1cccc(S(=O)(=O)N(Cc2cccc(F)c2)C2CC2)c1. The molecule has 1 saturated carbocycles. The first-order chi connectivity index (χ1) is 11.7. The minimum atomic E-state index is -4.01. The molecule has 0 aliphatic heterocycles. The molecule has 0 aromatic heterocycles. The average Bonchev–Trinajstić information content (AvgIpc) is 3.36. The smallest absolute Gasteiger partial charge is 0.225 e. The maximum atomic E-state index is 13.4. The van der Waals surface area contributed by atoms with Crippen LogP contribution in [0.5, 0.6) is 0 Å². The fourth-order valence-corrected chi connectivity index (χ4v) is 4.89. The number of benzene rings is 2. The molecule has 1 aliphatic rings. The maximum Gasteiger partial charge on any atom is 0.243 e. The number of sulfonamides is 2. The summed E-state index contributed by atoms with van der Waals surface area (Å²) in [4.78, 5) is -0.419. The van der Waals surface area contributed by atoms with E-state index in [-0.39, 0.29) is 22.4 Å². The zero-order chi connectivity index (χ0) is 18.2. The van der Waals surface area contributed by atoms with Gasteiger partial charge in [0, 0.05) is 12.6 Å². The second kappa shape index (κ2) is 6.49. The van der Waals surface area contributed by atoms with E-state index >= 15 is 0 Å². The van der Waals surface area contributed by atoms with Crippen LogP contribution in [0.4, 0.5) is 4.39 Å². The van der Waals surface area contributed by atoms with Crippen molar-refractivity contribution in [2.24, 2.45) is 5.14 Å². The van der Waals surface area contributed by atoms with E-state index in [4.69, 9.17) is 5.14 Å². The molecule has 1 fully saturated rings. The molecule has 0 bridgehead atoms. The van der Waals surface area contributed by atoms with Gasteiger partial charge in [-0.2, -0.15) is 4.31 Å². The number of primary sulfonamides is 1. The summed E-state index contributed by atoms with van der Waals surface area (Å²) in [7, 11) is -7.95. The zero-order valence-electron chi connectivity index (χ0n) is 13.2. The first-order valence-corrected chi connectivity index (χ1v) is 10.6. The highest BCUT2D eigenvalue weighted by Crippen LogP contribution is 2.34. The number of halogens is 1. The van der Waals surface area contributed by atoms with E-state index in [1.54, 1.807) is 6.07 Å². The van der Waals surface area contributed by atoms with Crippen molar-refractivity contribution in [1.82, 2.24) is 4.31 Å². The third kappa shape index (κ3) is 4.06. The van der Waals surface area contributed by atoms with Crippen molar-refractivity contribution in [3.63, 3.8) is 0 Å². The second-order valence-electron chi connectivity index (χ2n) is 5.93. The fourth-order valence-electron chi connectivity index (χ4n) is 2.54. The lowest BCUT2D eigenvalue weighted by atomic mass is 10.2. The van der Waals surface area contributed by atoms with E-state index in [1.807, 2.05) is 0 Å². The summed E-state index contributed by atoms with van der Waals surface area (Å²) in [5.41, 5.74) is 0.526. The molecule has 0 saturated heterocycles. The largest absolute Gasteiger partial charge is 0.243 e. The highest BCUT2D eigenvalue weighted by atomic mass is 32.2. The van der Waals surface area contributed by atoms with Crippen LogP contribution in [0.1, 0.15) is 18.4 Å². The Morgan fingerprint density at radius 2 is 1.64 bits per heavy atom. The molecular weight excluding hydrogens is 367 g/mol. The van der Waals surface area contributed by atoms with Gasteiger partial charge in [-0.05, 0) is 48.7 Å². The Labute approximate surface area is 146 Å². The first-order valence-electron chi connectivity index (χ1n) is 7.57. The van der Waals surface area contributed by atoms with E-state index in [0.29, 0.717) is 18.4 Å². The molecule has 0 heterocycles. The molecular formula is C16H17FN2O4S2. The van der Waals surface area contributed by atoms with Gasteiger partial charge in [-0.3, -0.25) is 0 Å². The predicted octanol–water partition coefficient (Wildman–Crippen LogP) is 1.83. The molecule has 1 aliphatic carbocycles. The van der Waals surface area contributed by atoms with Gasteiger partial charge in [0.05, 0.1) is 9.79 Å². The summed E-state index contributed by atoms with van der Waals surface area (Å²) in [6.07, 6.45) is 1.42. The number of hydrogen-bond donors (Lipinski definition) is 1. The molecule has 25 heavy (non-hydrogen) atoms. The molecule has 2 N–H and O–H groups in total. The van der Waals surface area contributed by atoms with Gasteiger partial charge in [0.1, 0.15) is 5.82 Å². The Balaban J connectivity index is 1.98. The Bertz CT molecular complexity index is 1000. The van der Waals surface area contributed by atoms with E-state index < -0.39 is 25.9 Å². The monoisotopic (exact) mass is 384 g/mol. The van der Waals surface area contributed by atoms with Gasteiger partial charge < -0.3 is 0 Å². The summed E-state index contributed by atoms with van der Waals surface area (Å²) in [6.45, 7) is 0.0182. The normalized spacial score (nSPS) is 15.5. The van der Waals surface area contributed by atoms with Gasteiger partial charge >= 0.3 is 0 Å². The Kier molecular flexibility index (Phi) is 4.67. The molecule has 0 radical (unpaired) electrons. The van der Waals surface area contributed by atoms with Gasteiger partial charge in [-0.15, -0.1) is 0 Å². The van der Waals surface area contributed by atoms with Crippen LogP contribution in [0.2, 0.25) is 0 Å². The second-order valence-corrected chi connectivity index (χ2v) is 9.38. The summed E-state index contributed by atoms with van der Waals surface area (Å²) < 4.78 is 63.6. The molecule has 134 valence electrons. The van der Waals surface area contributed by atoms with Crippen LogP contribution in [-0.2, 0) is 26.6 Å². The molecule has 2 aromatic rings. The molecule has 0 amide bonds. The van der Waals surface area contributed by atoms with Crippen LogP contribution >= 0.6 is 0 Å². The lowest BCUT2D eigenvalue weighted by molar-refractivity contribution is 0.397. The third-order valence-corrected chi connectivity index (χ3v) is 6.73. The van der Waals surface area contributed by atoms with Crippen molar-refractivity contribution in [3.8, 4) is 0 Å². The van der Waals surface area contributed by atoms with Crippen molar-refractivity contribution in [2.45, 2.75) is 35.2 Å². The summed E-state index contributed by atoms with van der Waals surface area (Å²) >= 11 is 0. The standard InChI is InChI=1S/C16H17FN2O4S2/c17-13-4-1-3-12(9-13)11-19(14-7-8-14)25(22,23)16-6-2-5-15(10-16)24(18,20)21/h1-6,9-10,14H,7-8,11H2,(H2,18,20,21). The number of hydrogen-bond acceptors (Lipinski definition) is 4. The molecule has 6 nitrogen and oxygen atoms in total. The highest BCUT2D eigenvalue weighted by Gasteiger charge is 2.38. The summed E-state index contributed by atoms with van der Waals surface area (Å²) in [6, 6.07) is 10.5. The van der Waals surface area contributed by atoms with Crippen molar-refractivity contribution >= 4 is 20.0 Å². The van der Waals surface area contributed by atoms with E-state index in [2.05, 4.69) is 0 Å². The van der Waals surface area contributed by atoms with Crippen molar-refractivity contribution in [1.29, 1.82) is 0 Å². The van der Waals surface area contributed by atoms with Gasteiger partial charge in [0.2, 0.25) is 20.0 Å². The number of nitrogens with zero attached hydrogens (tertiary/aromatic N) is 1. The van der Waals surface area contributed by atoms with Crippen molar-refractivity contribution < 1.29 is 21.2 Å². The molecule has 0 spiro atoms. The van der Waals surface area contributed by atoms with Crippen LogP contribution in [0, 0.1) is 5.82 Å². The minimum Gasteiger partial charge on any atom is -0.225 e. The van der Waals surface area contributed by atoms with Gasteiger partial charge in [-0.1, -0.05) is 18.2 Å². The summed E-state index contributed by atoms with van der Waals surface area (Å²) in [5, 5.41) is 5.08. The fraction of sp³-hybridized carbons (Fsp3) is 0.250. The quantitative estimate of drug-likeness (QED) is 0.821. The zero-order valence-corrected chi connectivity index (χ0v) is 14.8. The van der Waals surface area contributed by atoms with E-state index in [1.165, 1.54) is 40.7 Å². The first kappa shape index (κ1) is 18.0. The van der Waals surface area contributed by atoms with Crippen LogP contribution in [0.25, 0.3) is 0 Å². The van der Waals surface area contributed by atoms with Gasteiger partial charge in [-0.25, -0.2) is 26.4 Å². The Hall–Kier alpha value is -1.81. The van der Waals surface area contributed by atoms with Gasteiger partial charge in [0.15, 0.2) is 0 Å². The molecule has 0 unspecified atom stereocenters. The van der Waals surface area contributed by atoms with Crippen molar-refractivity contribution in [3.05, 3.63) is 59.9 Å². The van der Waals surface area contributed by atoms with E-state index in [9.17, 15) is 21.2 Å². The summed E-state index contributed by atoms with van der Waals surface area (Å²) in [5.74, 6) is -0.443. The highest BCUT2D eigenvalue weighted by molar-refractivity contribution is 7.90. The topological polar surface area (TPSA) is 97.5 Å². The average molecular weight is 384 g/mol. The van der Waals surface area contributed by atoms with Crippen molar-refractivity contribution in [2.75, 3.05) is 0 Å². The van der Waals surface area contributed by atoms with Crippen LogP contribution in [-0.4, -0.2) is 27.2 Å². The van der Waals surface area contributed by atoms with Gasteiger partial charge in [0.25, 0.3) is 0 Å². The lowest BCUT2D eigenvalue weighted by Gasteiger charge is -2.22. The molecule has 2 aromatic carbocycles. The Morgan fingerprint density at radius 3 is 2.24 bits per heavy atom.